The number of hydrogen-bond acceptors (Lipinski definition) is 7. The summed E-state index contributed by atoms with van der Waals surface area (Å²) in [6.07, 6.45) is 0. The molecule has 0 radical (unpaired) electrons. The van der Waals surface area contributed by atoms with Crippen LogP contribution in [0.25, 0.3) is 0 Å². The topological polar surface area (TPSA) is 86.8 Å². The van der Waals surface area contributed by atoms with Gasteiger partial charge in [0.25, 0.3) is 5.91 Å². The molecule has 4 aromatic rings. The van der Waals surface area contributed by atoms with Crippen molar-refractivity contribution in [3.63, 3.8) is 0 Å². The summed E-state index contributed by atoms with van der Waals surface area (Å²) in [5.74, 6) is 1.24. The van der Waals surface area contributed by atoms with Crippen LogP contribution in [-0.2, 0) is 4.79 Å². The third-order valence-corrected chi connectivity index (χ3v) is 7.07. The number of amides is 2. The Morgan fingerprint density at radius 3 is 2.32 bits per heavy atom. The van der Waals surface area contributed by atoms with Gasteiger partial charge in [-0.05, 0) is 48.5 Å². The number of anilines is 3. The molecule has 2 amide bonds. The van der Waals surface area contributed by atoms with Crippen LogP contribution in [0.2, 0.25) is 5.02 Å². The molecule has 0 bridgehead atoms. The molecule has 0 spiro atoms. The molecule has 38 heavy (non-hydrogen) atoms. The number of para-hydroxylation sites is 2. The Labute approximate surface area is 229 Å². The summed E-state index contributed by atoms with van der Waals surface area (Å²) in [6.45, 7) is 2.54. The molecule has 1 saturated heterocycles. The smallest absolute Gasteiger partial charge is 0.273 e. The molecule has 8 nitrogen and oxygen atoms in total. The number of hydrogen-bond donors (Lipinski definition) is 2. The molecule has 0 unspecified atom stereocenters. The Bertz CT molecular complexity index is 1390. The van der Waals surface area contributed by atoms with Gasteiger partial charge in [-0.15, -0.1) is 11.3 Å². The molecule has 3 aromatic carbocycles. The van der Waals surface area contributed by atoms with Crippen LogP contribution in [0.4, 0.5) is 16.5 Å². The minimum atomic E-state index is -0.115. The first kappa shape index (κ1) is 25.7. The van der Waals surface area contributed by atoms with E-state index in [1.54, 1.807) is 16.3 Å². The molecule has 194 valence electrons. The van der Waals surface area contributed by atoms with Crippen LogP contribution in [0.15, 0.2) is 84.2 Å². The lowest BCUT2D eigenvalue weighted by atomic mass is 10.2. The number of ether oxygens (including phenoxy) is 1. The number of aromatic nitrogens is 1. The van der Waals surface area contributed by atoms with E-state index in [1.807, 2.05) is 77.7 Å². The van der Waals surface area contributed by atoms with Crippen molar-refractivity contribution < 1.29 is 14.3 Å². The summed E-state index contributed by atoms with van der Waals surface area (Å²) < 4.78 is 5.79. The summed E-state index contributed by atoms with van der Waals surface area (Å²) in [5.41, 5.74) is 1.84. The van der Waals surface area contributed by atoms with Gasteiger partial charge in [-0.3, -0.25) is 14.5 Å². The lowest BCUT2D eigenvalue weighted by Gasteiger charge is -2.33. The first-order chi connectivity index (χ1) is 18.5. The van der Waals surface area contributed by atoms with Crippen LogP contribution >= 0.6 is 22.9 Å². The van der Waals surface area contributed by atoms with Gasteiger partial charge < -0.3 is 20.3 Å². The number of nitrogens with one attached hydrogen (secondary N) is 2. The Hall–Kier alpha value is -3.92. The van der Waals surface area contributed by atoms with Gasteiger partial charge in [0.1, 0.15) is 17.2 Å². The highest BCUT2D eigenvalue weighted by molar-refractivity contribution is 7.14. The van der Waals surface area contributed by atoms with Crippen molar-refractivity contribution in [2.75, 3.05) is 43.4 Å². The van der Waals surface area contributed by atoms with Gasteiger partial charge in [0.05, 0.1) is 17.3 Å². The first-order valence-corrected chi connectivity index (χ1v) is 13.4. The predicted octanol–water partition coefficient (Wildman–Crippen LogP) is 5.73. The quantitative estimate of drug-likeness (QED) is 0.293. The zero-order chi connectivity index (χ0) is 26.3. The fourth-order valence-corrected chi connectivity index (χ4v) is 4.89. The molecule has 5 rings (SSSR count). The molecule has 1 aliphatic rings. The highest BCUT2D eigenvalue weighted by Crippen LogP contribution is 2.27. The van der Waals surface area contributed by atoms with Gasteiger partial charge >= 0.3 is 0 Å². The molecule has 1 fully saturated rings. The van der Waals surface area contributed by atoms with Crippen molar-refractivity contribution in [1.29, 1.82) is 0 Å². The molecule has 0 aliphatic carbocycles. The van der Waals surface area contributed by atoms with Crippen LogP contribution in [0.3, 0.4) is 0 Å². The Balaban J connectivity index is 1.07. The minimum Gasteiger partial charge on any atom is -0.457 e. The average Bonchev–Trinajstić information content (AvgIpc) is 3.40. The van der Waals surface area contributed by atoms with E-state index in [0.717, 1.165) is 11.4 Å². The largest absolute Gasteiger partial charge is 0.457 e. The molecule has 2 N–H and O–H groups in total. The predicted molar refractivity (Wildman–Crippen MR) is 151 cm³/mol. The summed E-state index contributed by atoms with van der Waals surface area (Å²) in [6, 6.07) is 24.2. The number of piperazine rings is 1. The van der Waals surface area contributed by atoms with E-state index in [0.29, 0.717) is 53.5 Å². The van der Waals surface area contributed by atoms with Gasteiger partial charge in [-0.2, -0.15) is 0 Å². The highest BCUT2D eigenvalue weighted by atomic mass is 35.5. The normalized spacial score (nSPS) is 13.7. The second-order valence-corrected chi connectivity index (χ2v) is 9.96. The zero-order valence-electron chi connectivity index (χ0n) is 20.5. The van der Waals surface area contributed by atoms with Crippen molar-refractivity contribution in [2.24, 2.45) is 0 Å². The third-order valence-electron chi connectivity index (χ3n) is 5.98. The molecule has 2 heterocycles. The molecule has 10 heteroatoms. The standard InChI is InChI=1S/C28H26ClN5O3S/c29-23-8-4-5-9-24(23)31-28-32-25(19-38-28)27(36)34-16-14-33(15-17-34)18-26(35)30-20-10-12-22(13-11-20)37-21-6-2-1-3-7-21/h1-13,19H,14-18H2,(H,30,35)(H,31,32). The molecule has 1 aliphatic heterocycles. The van der Waals surface area contributed by atoms with Gasteiger partial charge in [-0.1, -0.05) is 41.9 Å². The van der Waals surface area contributed by atoms with Crippen molar-refractivity contribution >= 4 is 51.3 Å². The number of halogens is 1. The summed E-state index contributed by atoms with van der Waals surface area (Å²) in [4.78, 5) is 33.8. The highest BCUT2D eigenvalue weighted by Gasteiger charge is 2.25. The van der Waals surface area contributed by atoms with E-state index in [1.165, 1.54) is 11.3 Å². The lowest BCUT2D eigenvalue weighted by molar-refractivity contribution is -0.117. The number of carbonyl (C=O) groups excluding carboxylic acids is 2. The van der Waals surface area contributed by atoms with E-state index >= 15 is 0 Å². The Kier molecular flexibility index (Phi) is 8.18. The van der Waals surface area contributed by atoms with Crippen molar-refractivity contribution in [2.45, 2.75) is 0 Å². The maximum Gasteiger partial charge on any atom is 0.273 e. The number of thiazole rings is 1. The van der Waals surface area contributed by atoms with Crippen LogP contribution in [0.1, 0.15) is 10.5 Å². The molecule has 1 aromatic heterocycles. The molecular weight excluding hydrogens is 522 g/mol. The molecular formula is C28H26ClN5O3S. The maximum absolute atomic E-state index is 13.0. The second kappa shape index (κ2) is 12.1. The molecule has 0 saturated carbocycles. The summed E-state index contributed by atoms with van der Waals surface area (Å²) in [7, 11) is 0. The Morgan fingerprint density at radius 1 is 0.895 bits per heavy atom. The van der Waals surface area contributed by atoms with Crippen LogP contribution in [-0.4, -0.2) is 59.3 Å². The van der Waals surface area contributed by atoms with Gasteiger partial charge in [0.2, 0.25) is 5.91 Å². The fourth-order valence-electron chi connectivity index (χ4n) is 4.01. The second-order valence-electron chi connectivity index (χ2n) is 8.70. The van der Waals surface area contributed by atoms with Crippen molar-refractivity contribution in [3.8, 4) is 11.5 Å². The summed E-state index contributed by atoms with van der Waals surface area (Å²) in [5, 5.41) is 9.03. The van der Waals surface area contributed by atoms with Crippen molar-refractivity contribution in [3.05, 3.63) is 95.0 Å². The van der Waals surface area contributed by atoms with Crippen molar-refractivity contribution in [1.82, 2.24) is 14.8 Å². The van der Waals surface area contributed by atoms with Gasteiger partial charge in [-0.25, -0.2) is 4.98 Å². The van der Waals surface area contributed by atoms with E-state index in [2.05, 4.69) is 15.6 Å². The zero-order valence-corrected chi connectivity index (χ0v) is 22.0. The number of carbonyl (C=O) groups is 2. The first-order valence-electron chi connectivity index (χ1n) is 12.1. The monoisotopic (exact) mass is 547 g/mol. The van der Waals surface area contributed by atoms with E-state index in [4.69, 9.17) is 16.3 Å². The number of rotatable bonds is 8. The molecule has 0 atom stereocenters. The van der Waals surface area contributed by atoms with E-state index < -0.39 is 0 Å². The van der Waals surface area contributed by atoms with E-state index in [9.17, 15) is 9.59 Å². The van der Waals surface area contributed by atoms with Crippen LogP contribution in [0, 0.1) is 0 Å². The lowest BCUT2D eigenvalue weighted by Crippen LogP contribution is -2.50. The average molecular weight is 548 g/mol. The number of nitrogens with zero attached hydrogens (tertiary/aromatic N) is 3. The van der Waals surface area contributed by atoms with Crippen LogP contribution < -0.4 is 15.4 Å². The summed E-state index contributed by atoms with van der Waals surface area (Å²) >= 11 is 7.55. The fraction of sp³-hybridized carbons (Fsp3) is 0.179. The maximum atomic E-state index is 13.0. The SMILES string of the molecule is O=C(CN1CCN(C(=O)c2csc(Nc3ccccc3Cl)n2)CC1)Nc1ccc(Oc2ccccc2)cc1. The van der Waals surface area contributed by atoms with Gasteiger partial charge in [0, 0.05) is 37.2 Å². The number of benzene rings is 3. The van der Waals surface area contributed by atoms with Gasteiger partial charge in [0.15, 0.2) is 5.13 Å². The van der Waals surface area contributed by atoms with E-state index in [-0.39, 0.29) is 18.4 Å². The third kappa shape index (κ3) is 6.69. The Morgan fingerprint density at radius 2 is 1.58 bits per heavy atom. The minimum absolute atomic E-state index is 0.101. The van der Waals surface area contributed by atoms with Crippen LogP contribution in [0.5, 0.6) is 11.5 Å².